The summed E-state index contributed by atoms with van der Waals surface area (Å²) in [6.45, 7) is 9.26. The molecule has 0 bridgehead atoms. The molecule has 1 heterocycles. The normalized spacial score (nSPS) is 20.4. The van der Waals surface area contributed by atoms with Crippen molar-refractivity contribution in [3.05, 3.63) is 18.2 Å². The van der Waals surface area contributed by atoms with Crippen molar-refractivity contribution in [1.29, 1.82) is 0 Å². The highest BCUT2D eigenvalue weighted by Crippen LogP contribution is 2.43. The number of hydrogen-bond acceptors (Lipinski definition) is 5. The highest BCUT2D eigenvalue weighted by molar-refractivity contribution is 5.99. The van der Waals surface area contributed by atoms with Gasteiger partial charge in [-0.05, 0) is 44.7 Å². The van der Waals surface area contributed by atoms with Gasteiger partial charge in [-0.1, -0.05) is 13.8 Å². The second kappa shape index (κ2) is 7.76. The van der Waals surface area contributed by atoms with Gasteiger partial charge in [0.25, 0.3) is 0 Å². The lowest BCUT2D eigenvalue weighted by Gasteiger charge is -2.43. The number of fused-ring (bicyclic) bond motifs is 1. The molecule has 1 fully saturated rings. The van der Waals surface area contributed by atoms with Crippen molar-refractivity contribution in [2.24, 2.45) is 5.92 Å². The van der Waals surface area contributed by atoms with Gasteiger partial charge in [-0.15, -0.1) is 0 Å². The average Bonchev–Trinajstić information content (AvgIpc) is 3.43. The first kappa shape index (κ1) is 19.5. The van der Waals surface area contributed by atoms with Crippen molar-refractivity contribution in [3.8, 4) is 5.75 Å². The van der Waals surface area contributed by atoms with E-state index < -0.39 is 6.16 Å². The number of anilines is 2. The first-order valence-corrected chi connectivity index (χ1v) is 9.64. The smallest absolute Gasteiger partial charge is 0.449 e. The Morgan fingerprint density at radius 3 is 2.56 bits per heavy atom. The molecular weight excluding hydrogens is 346 g/mol. The largest absolute Gasteiger partial charge is 0.511 e. The molecule has 1 amide bonds. The molecule has 2 atom stereocenters. The monoisotopic (exact) mass is 375 g/mol. The lowest BCUT2D eigenvalue weighted by atomic mass is 10.1. The second-order valence-corrected chi connectivity index (χ2v) is 7.92. The molecule has 1 aromatic rings. The fourth-order valence-electron chi connectivity index (χ4n) is 3.51. The average molecular weight is 375 g/mol. The summed E-state index contributed by atoms with van der Waals surface area (Å²) in [5.41, 5.74) is 1.70. The van der Waals surface area contributed by atoms with E-state index in [0.717, 1.165) is 24.2 Å². The molecule has 1 aromatic carbocycles. The Morgan fingerprint density at radius 1 is 1.26 bits per heavy atom. The van der Waals surface area contributed by atoms with Crippen LogP contribution < -0.4 is 19.9 Å². The van der Waals surface area contributed by atoms with Crippen LogP contribution in [-0.4, -0.2) is 48.4 Å². The lowest BCUT2D eigenvalue weighted by molar-refractivity contribution is -0.118. The summed E-state index contributed by atoms with van der Waals surface area (Å²) in [6.07, 6.45) is 0.945. The summed E-state index contributed by atoms with van der Waals surface area (Å²) in [7, 11) is 0. The van der Waals surface area contributed by atoms with Gasteiger partial charge >= 0.3 is 6.16 Å². The maximum Gasteiger partial charge on any atom is 0.511 e. The Balaban J connectivity index is 1.87. The first-order valence-electron chi connectivity index (χ1n) is 9.64. The molecule has 7 nitrogen and oxygen atoms in total. The maximum absolute atomic E-state index is 12.9. The van der Waals surface area contributed by atoms with Crippen LogP contribution in [0.4, 0.5) is 16.2 Å². The quantitative estimate of drug-likeness (QED) is 0.587. The number of nitrogens with zero attached hydrogens (tertiary/aromatic N) is 2. The molecule has 0 spiro atoms. The molecule has 27 heavy (non-hydrogen) atoms. The van der Waals surface area contributed by atoms with Crippen molar-refractivity contribution in [1.82, 2.24) is 5.32 Å². The fraction of sp³-hybridized carbons (Fsp3) is 0.600. The third kappa shape index (κ3) is 4.35. The molecule has 0 saturated heterocycles. The van der Waals surface area contributed by atoms with Crippen LogP contribution in [0.25, 0.3) is 0 Å². The Morgan fingerprint density at radius 2 is 1.96 bits per heavy atom. The molecule has 7 heteroatoms. The Bertz CT molecular complexity index is 717. The minimum absolute atomic E-state index is 0.0153. The Kier molecular flexibility index (Phi) is 5.60. The van der Waals surface area contributed by atoms with Crippen LogP contribution >= 0.6 is 0 Å². The summed E-state index contributed by atoms with van der Waals surface area (Å²) >= 11 is 0. The fourth-order valence-corrected chi connectivity index (χ4v) is 3.51. The number of carbonyl (C=O) groups is 2. The number of hydrogen-bond donors (Lipinski definition) is 2. The molecule has 1 aliphatic carbocycles. The van der Waals surface area contributed by atoms with Gasteiger partial charge in [-0.3, -0.25) is 4.79 Å². The van der Waals surface area contributed by atoms with E-state index in [1.54, 1.807) is 17.0 Å². The highest BCUT2D eigenvalue weighted by atomic mass is 16.7. The number of carbonyl (C=O) groups excluding carboxylic acids is 1. The van der Waals surface area contributed by atoms with Crippen LogP contribution in [0.5, 0.6) is 5.75 Å². The third-order valence-corrected chi connectivity index (χ3v) is 5.46. The Hall–Kier alpha value is -2.28. The maximum atomic E-state index is 12.9. The van der Waals surface area contributed by atoms with Gasteiger partial charge in [0.1, 0.15) is 5.75 Å². The number of ether oxygens (including phenoxy) is 1. The topological polar surface area (TPSA) is 82.1 Å². The zero-order valence-electron chi connectivity index (χ0n) is 16.4. The van der Waals surface area contributed by atoms with Crippen LogP contribution in [0.15, 0.2) is 18.2 Å². The van der Waals surface area contributed by atoms with E-state index >= 15 is 0 Å². The molecule has 1 aliphatic heterocycles. The van der Waals surface area contributed by atoms with E-state index in [9.17, 15) is 9.59 Å². The van der Waals surface area contributed by atoms with Crippen LogP contribution in [0.3, 0.4) is 0 Å². The van der Waals surface area contributed by atoms with Crippen molar-refractivity contribution < 1.29 is 19.4 Å². The van der Waals surface area contributed by atoms with Gasteiger partial charge in [-0.2, -0.15) is 0 Å². The zero-order chi connectivity index (χ0) is 19.7. The summed E-state index contributed by atoms with van der Waals surface area (Å²) < 4.78 is 4.82. The second-order valence-electron chi connectivity index (χ2n) is 7.92. The summed E-state index contributed by atoms with van der Waals surface area (Å²) in [5.74, 6) is 0.651. The molecule has 0 radical (unpaired) electrons. The molecule has 3 rings (SSSR count). The summed E-state index contributed by atoms with van der Waals surface area (Å²) in [6, 6.07) is 6.13. The SMILES string of the molecule is CC(C)[C@H](C)NCC(=O)N1CC(C)N(C2CC2)c2ccc(OC(=O)O)cc21. The van der Waals surface area contributed by atoms with Crippen LogP contribution in [0, 0.1) is 5.92 Å². The van der Waals surface area contributed by atoms with E-state index in [2.05, 4.69) is 37.9 Å². The standard InChI is InChI=1S/C20H29N3O4/c1-12(2)14(4)21-10-19(24)22-11-13(3)23(15-5-6-15)17-8-7-16(9-18(17)22)27-20(25)26/h7-9,12-15,21H,5-6,10-11H2,1-4H3,(H,25,26)/t13?,14-/m0/s1. The number of rotatable bonds is 6. The zero-order valence-corrected chi connectivity index (χ0v) is 16.4. The van der Waals surface area contributed by atoms with E-state index in [0.29, 0.717) is 18.5 Å². The summed E-state index contributed by atoms with van der Waals surface area (Å²) in [4.78, 5) is 28.0. The van der Waals surface area contributed by atoms with E-state index in [1.165, 1.54) is 0 Å². The van der Waals surface area contributed by atoms with E-state index in [4.69, 9.17) is 9.84 Å². The van der Waals surface area contributed by atoms with Gasteiger partial charge in [0.05, 0.1) is 17.9 Å². The molecule has 0 aromatic heterocycles. The van der Waals surface area contributed by atoms with Crippen molar-refractivity contribution in [2.45, 2.75) is 58.7 Å². The van der Waals surface area contributed by atoms with Gasteiger partial charge in [0, 0.05) is 30.7 Å². The number of carboxylic acid groups (broad SMARTS) is 1. The van der Waals surface area contributed by atoms with E-state index in [-0.39, 0.29) is 30.3 Å². The summed E-state index contributed by atoms with van der Waals surface area (Å²) in [5, 5.41) is 12.2. The van der Waals surface area contributed by atoms with Crippen LogP contribution in [0.1, 0.15) is 40.5 Å². The molecule has 1 saturated carbocycles. The van der Waals surface area contributed by atoms with Crippen molar-refractivity contribution >= 4 is 23.4 Å². The number of amides is 1. The van der Waals surface area contributed by atoms with Gasteiger partial charge < -0.3 is 25.0 Å². The molecule has 2 N–H and O–H groups in total. The molecule has 148 valence electrons. The predicted octanol–water partition coefficient (Wildman–Crippen LogP) is 3.08. The lowest BCUT2D eigenvalue weighted by Crippen LogP contribution is -2.53. The van der Waals surface area contributed by atoms with Crippen LogP contribution in [-0.2, 0) is 4.79 Å². The van der Waals surface area contributed by atoms with E-state index in [1.807, 2.05) is 6.07 Å². The predicted molar refractivity (Wildman–Crippen MR) is 105 cm³/mol. The minimum atomic E-state index is -1.36. The molecule has 2 aliphatic rings. The van der Waals surface area contributed by atoms with Gasteiger partial charge in [0.15, 0.2) is 0 Å². The number of benzene rings is 1. The molecule has 1 unspecified atom stereocenters. The number of nitrogens with one attached hydrogen (secondary N) is 1. The van der Waals surface area contributed by atoms with Crippen molar-refractivity contribution in [2.75, 3.05) is 22.9 Å². The molecular formula is C20H29N3O4. The first-order chi connectivity index (χ1) is 12.8. The van der Waals surface area contributed by atoms with Gasteiger partial charge in [0.2, 0.25) is 5.91 Å². The third-order valence-electron chi connectivity index (χ3n) is 5.46. The highest BCUT2D eigenvalue weighted by Gasteiger charge is 2.39. The van der Waals surface area contributed by atoms with Crippen LogP contribution in [0.2, 0.25) is 0 Å². The van der Waals surface area contributed by atoms with Gasteiger partial charge in [-0.25, -0.2) is 4.79 Å². The Labute approximate surface area is 160 Å². The minimum Gasteiger partial charge on any atom is -0.449 e. The van der Waals surface area contributed by atoms with Crippen molar-refractivity contribution in [3.63, 3.8) is 0 Å².